The smallest absolute Gasteiger partial charge is 0.408 e. The Kier molecular flexibility index (Phi) is 4.56. The predicted molar refractivity (Wildman–Crippen MR) is 95.8 cm³/mol. The monoisotopic (exact) mass is 359 g/mol. The second-order valence-electron chi connectivity index (χ2n) is 7.80. The summed E-state index contributed by atoms with van der Waals surface area (Å²) in [4.78, 5) is 25.5. The molecular formula is C19H25N3O4. The van der Waals surface area contributed by atoms with Gasteiger partial charge in [0.15, 0.2) is 0 Å². The Bertz CT molecular complexity index is 677. The van der Waals surface area contributed by atoms with Gasteiger partial charge in [0.05, 0.1) is 10.5 Å². The molecule has 1 aromatic carbocycles. The predicted octanol–water partition coefficient (Wildman–Crippen LogP) is 3.18. The normalized spacial score (nSPS) is 29.3. The highest BCUT2D eigenvalue weighted by atomic mass is 16.6. The Morgan fingerprint density at radius 3 is 2.38 bits per heavy atom. The van der Waals surface area contributed by atoms with Gasteiger partial charge in [0.2, 0.25) is 0 Å². The zero-order chi connectivity index (χ0) is 18.1. The Labute approximate surface area is 152 Å². The summed E-state index contributed by atoms with van der Waals surface area (Å²) in [7, 11) is 0. The third kappa shape index (κ3) is 3.28. The van der Waals surface area contributed by atoms with Crippen LogP contribution in [0.25, 0.3) is 0 Å². The standard InChI is InChI=1S/C19H25N3O4/c23-18(26-17-13-21-11-7-14(17)8-12-21)20-19(9-1-2-10-19)15-3-5-16(6-4-15)22(24)25/h3-6,14,17H,1-2,7-13H2,(H,20,23). The molecular weight excluding hydrogens is 334 g/mol. The van der Waals surface area contributed by atoms with Crippen LogP contribution in [0.2, 0.25) is 0 Å². The first kappa shape index (κ1) is 17.3. The van der Waals surface area contributed by atoms with Crippen LogP contribution in [0.3, 0.4) is 0 Å². The van der Waals surface area contributed by atoms with Gasteiger partial charge in [-0.2, -0.15) is 0 Å². The van der Waals surface area contributed by atoms with Gasteiger partial charge < -0.3 is 10.1 Å². The Hall–Kier alpha value is -2.15. The van der Waals surface area contributed by atoms with Gasteiger partial charge in [-0.3, -0.25) is 15.0 Å². The molecule has 1 aromatic rings. The van der Waals surface area contributed by atoms with Gasteiger partial charge in [-0.05, 0) is 62.4 Å². The summed E-state index contributed by atoms with van der Waals surface area (Å²) >= 11 is 0. The second kappa shape index (κ2) is 6.87. The van der Waals surface area contributed by atoms with Crippen molar-refractivity contribution in [3.8, 4) is 0 Å². The fourth-order valence-corrected chi connectivity index (χ4v) is 4.77. The highest BCUT2D eigenvalue weighted by Gasteiger charge is 2.40. The highest BCUT2D eigenvalue weighted by molar-refractivity contribution is 5.69. The molecule has 3 saturated heterocycles. The number of amides is 1. The molecule has 2 bridgehead atoms. The van der Waals surface area contributed by atoms with Gasteiger partial charge in [0.1, 0.15) is 6.10 Å². The largest absolute Gasteiger partial charge is 0.445 e. The minimum atomic E-state index is -0.472. The van der Waals surface area contributed by atoms with Crippen LogP contribution in [0.15, 0.2) is 24.3 Å². The number of benzene rings is 1. The minimum Gasteiger partial charge on any atom is -0.445 e. The molecule has 1 saturated carbocycles. The van der Waals surface area contributed by atoms with Gasteiger partial charge in [-0.15, -0.1) is 0 Å². The summed E-state index contributed by atoms with van der Waals surface area (Å²) in [6, 6.07) is 6.54. The molecule has 1 aliphatic carbocycles. The summed E-state index contributed by atoms with van der Waals surface area (Å²) in [6.45, 7) is 3.06. The van der Waals surface area contributed by atoms with E-state index in [1.54, 1.807) is 12.1 Å². The lowest BCUT2D eigenvalue weighted by atomic mass is 9.86. The van der Waals surface area contributed by atoms with Crippen molar-refractivity contribution in [2.24, 2.45) is 5.92 Å². The lowest BCUT2D eigenvalue weighted by Gasteiger charge is -2.44. The van der Waals surface area contributed by atoms with Gasteiger partial charge in [-0.25, -0.2) is 4.79 Å². The molecule has 140 valence electrons. The van der Waals surface area contributed by atoms with E-state index < -0.39 is 10.5 Å². The first-order valence-electron chi connectivity index (χ1n) is 9.52. The maximum absolute atomic E-state index is 12.6. The number of fused-ring (bicyclic) bond motifs is 3. The number of piperidine rings is 3. The van der Waals surface area contributed by atoms with Gasteiger partial charge in [0.25, 0.3) is 5.69 Å². The van der Waals surface area contributed by atoms with Crippen LogP contribution in [0.4, 0.5) is 10.5 Å². The fourth-order valence-electron chi connectivity index (χ4n) is 4.77. The van der Waals surface area contributed by atoms with E-state index in [0.29, 0.717) is 5.92 Å². The van der Waals surface area contributed by atoms with E-state index in [2.05, 4.69) is 10.2 Å². The lowest BCUT2D eigenvalue weighted by molar-refractivity contribution is -0.384. The number of hydrogen-bond donors (Lipinski definition) is 1. The van der Waals surface area contributed by atoms with Crippen LogP contribution < -0.4 is 5.32 Å². The van der Waals surface area contributed by atoms with Crippen LogP contribution in [0.5, 0.6) is 0 Å². The third-order valence-electron chi connectivity index (χ3n) is 6.28. The maximum atomic E-state index is 12.6. The quantitative estimate of drug-likeness (QED) is 0.659. The van der Waals surface area contributed by atoms with Crippen molar-refractivity contribution in [3.05, 3.63) is 39.9 Å². The summed E-state index contributed by atoms with van der Waals surface area (Å²) in [6.07, 6.45) is 5.54. The molecule has 1 atom stereocenters. The molecule has 4 fully saturated rings. The molecule has 5 rings (SSSR count). The molecule has 26 heavy (non-hydrogen) atoms. The van der Waals surface area contributed by atoms with E-state index in [-0.39, 0.29) is 17.9 Å². The molecule has 0 aromatic heterocycles. The number of non-ortho nitro benzene ring substituents is 1. The van der Waals surface area contributed by atoms with E-state index in [4.69, 9.17) is 4.74 Å². The number of nitro groups is 1. The average molecular weight is 359 g/mol. The van der Waals surface area contributed by atoms with Crippen molar-refractivity contribution in [2.75, 3.05) is 19.6 Å². The minimum absolute atomic E-state index is 0.0205. The lowest BCUT2D eigenvalue weighted by Crippen LogP contribution is -2.54. The molecule has 3 aliphatic heterocycles. The van der Waals surface area contributed by atoms with Crippen molar-refractivity contribution >= 4 is 11.8 Å². The van der Waals surface area contributed by atoms with E-state index in [1.807, 2.05) is 0 Å². The molecule has 1 N–H and O–H groups in total. The summed E-state index contributed by atoms with van der Waals surface area (Å²) in [5.41, 5.74) is 0.517. The topological polar surface area (TPSA) is 84.7 Å². The number of ether oxygens (including phenoxy) is 1. The van der Waals surface area contributed by atoms with Crippen LogP contribution in [-0.4, -0.2) is 41.7 Å². The number of hydrogen-bond acceptors (Lipinski definition) is 5. The van der Waals surface area contributed by atoms with Crippen molar-refractivity contribution in [2.45, 2.75) is 50.2 Å². The van der Waals surface area contributed by atoms with Crippen molar-refractivity contribution in [3.63, 3.8) is 0 Å². The summed E-state index contributed by atoms with van der Waals surface area (Å²) in [5.74, 6) is 0.477. The van der Waals surface area contributed by atoms with Crippen LogP contribution in [-0.2, 0) is 10.3 Å². The molecule has 0 spiro atoms. The average Bonchev–Trinajstić information content (AvgIpc) is 3.12. The Balaban J connectivity index is 1.46. The molecule has 3 heterocycles. The van der Waals surface area contributed by atoms with Crippen molar-refractivity contribution in [1.82, 2.24) is 10.2 Å². The molecule has 7 heteroatoms. The summed E-state index contributed by atoms with van der Waals surface area (Å²) < 4.78 is 5.80. The van der Waals surface area contributed by atoms with Crippen LogP contribution in [0, 0.1) is 16.0 Å². The van der Waals surface area contributed by atoms with Gasteiger partial charge >= 0.3 is 6.09 Å². The van der Waals surface area contributed by atoms with Gasteiger partial charge in [0, 0.05) is 18.7 Å². The van der Waals surface area contributed by atoms with Gasteiger partial charge in [-0.1, -0.05) is 12.8 Å². The fraction of sp³-hybridized carbons (Fsp3) is 0.632. The van der Waals surface area contributed by atoms with Crippen molar-refractivity contribution in [1.29, 1.82) is 0 Å². The zero-order valence-corrected chi connectivity index (χ0v) is 14.9. The zero-order valence-electron chi connectivity index (χ0n) is 14.9. The molecule has 4 aliphatic rings. The Morgan fingerprint density at radius 1 is 1.19 bits per heavy atom. The van der Waals surface area contributed by atoms with E-state index in [9.17, 15) is 14.9 Å². The van der Waals surface area contributed by atoms with E-state index >= 15 is 0 Å². The van der Waals surface area contributed by atoms with E-state index in [0.717, 1.165) is 63.7 Å². The molecule has 1 amide bonds. The number of rotatable bonds is 4. The van der Waals surface area contributed by atoms with Crippen molar-refractivity contribution < 1.29 is 14.5 Å². The first-order chi connectivity index (χ1) is 12.6. The first-order valence-corrected chi connectivity index (χ1v) is 9.52. The number of nitrogens with zero attached hydrogens (tertiary/aromatic N) is 2. The number of carbonyl (C=O) groups excluding carboxylic acids is 1. The van der Waals surface area contributed by atoms with E-state index in [1.165, 1.54) is 12.1 Å². The number of nitrogens with one attached hydrogen (secondary N) is 1. The molecule has 7 nitrogen and oxygen atoms in total. The number of nitro benzene ring substituents is 1. The number of carbonyl (C=O) groups is 1. The maximum Gasteiger partial charge on any atom is 0.408 e. The SMILES string of the molecule is O=C(NC1(c2ccc([N+](=O)[O-])cc2)CCCC1)OC1CN2CCC1CC2. The highest BCUT2D eigenvalue weighted by Crippen LogP contribution is 2.39. The second-order valence-corrected chi connectivity index (χ2v) is 7.80. The molecule has 0 radical (unpaired) electrons. The third-order valence-corrected chi connectivity index (χ3v) is 6.28. The van der Waals surface area contributed by atoms with Crippen LogP contribution in [0.1, 0.15) is 44.1 Å². The van der Waals surface area contributed by atoms with Crippen LogP contribution >= 0.6 is 0 Å². The number of alkyl carbamates (subject to hydrolysis) is 1. The molecule has 1 unspecified atom stereocenters. The summed E-state index contributed by atoms with van der Waals surface area (Å²) in [5, 5.41) is 14.0. The Morgan fingerprint density at radius 2 is 1.85 bits per heavy atom.